The molecule has 0 amide bonds. The molecule has 2 atom stereocenters. The first-order valence-corrected chi connectivity index (χ1v) is 5.91. The van der Waals surface area contributed by atoms with Gasteiger partial charge in [0.05, 0.1) is 0 Å². The van der Waals surface area contributed by atoms with E-state index in [1.54, 1.807) is 0 Å². The Labute approximate surface area is 122 Å². The normalized spacial score (nSPS) is 33.9. The van der Waals surface area contributed by atoms with Crippen LogP contribution in [0, 0.1) is 0 Å². The first-order valence-electron chi connectivity index (χ1n) is 5.91. The summed E-state index contributed by atoms with van der Waals surface area (Å²) in [5, 5.41) is 0.861. The van der Waals surface area contributed by atoms with Crippen LogP contribution in [0.1, 0.15) is 0 Å². The average Bonchev–Trinajstić information content (AvgIpc) is 2.45. The van der Waals surface area contributed by atoms with Gasteiger partial charge in [-0.15, -0.1) is 0 Å². The summed E-state index contributed by atoms with van der Waals surface area (Å²) in [5.74, 6) is -32.0. The molecule has 1 aliphatic rings. The Kier molecular flexibility index (Phi) is 3.58. The lowest BCUT2D eigenvalue weighted by atomic mass is 9.78. The minimum absolute atomic E-state index is 0.771. The third kappa shape index (κ3) is 1.94. The van der Waals surface area contributed by atoms with Gasteiger partial charge in [-0.3, -0.25) is 0 Å². The number of hydrogen-bond acceptors (Lipinski definition) is 1. The second kappa shape index (κ2) is 4.67. The van der Waals surface area contributed by atoms with Gasteiger partial charge in [0.1, 0.15) is 0 Å². The maximum absolute atomic E-state index is 14.2. The Balaban J connectivity index is 2.62. The van der Waals surface area contributed by atoms with Gasteiger partial charge in [-0.25, -0.2) is 8.78 Å². The van der Waals surface area contributed by atoms with Crippen LogP contribution in [-0.2, 0) is 0 Å². The van der Waals surface area contributed by atoms with Gasteiger partial charge >= 0.3 is 23.7 Å². The van der Waals surface area contributed by atoms with Gasteiger partial charge in [0.15, 0.2) is 0 Å². The molecule has 0 bridgehead atoms. The van der Waals surface area contributed by atoms with Crippen LogP contribution in [0.2, 0.25) is 0 Å². The summed E-state index contributed by atoms with van der Waals surface area (Å²) < 4.78 is 134. The van der Waals surface area contributed by atoms with Gasteiger partial charge in [-0.2, -0.15) is 35.1 Å². The molecule has 1 aromatic rings. The molecular formula is C12H7F10N. The van der Waals surface area contributed by atoms with Crippen LogP contribution in [0.4, 0.5) is 49.6 Å². The molecule has 0 heterocycles. The maximum Gasteiger partial charge on any atom is 0.383 e. The summed E-state index contributed by atoms with van der Waals surface area (Å²) in [6.45, 7) is 0. The fourth-order valence-electron chi connectivity index (χ4n) is 2.08. The lowest BCUT2D eigenvalue weighted by Crippen LogP contribution is -2.81. The lowest BCUT2D eigenvalue weighted by molar-refractivity contribution is -0.437. The fraction of sp³-hybridized carbons (Fsp3) is 0.500. The van der Waals surface area contributed by atoms with Crippen LogP contribution in [0.3, 0.4) is 0 Å². The van der Waals surface area contributed by atoms with E-state index >= 15 is 0 Å². The molecule has 11 heteroatoms. The number of alkyl halides is 10. The van der Waals surface area contributed by atoms with Crippen LogP contribution < -0.4 is 5.32 Å². The van der Waals surface area contributed by atoms with Gasteiger partial charge in [0.25, 0.3) is 5.79 Å². The van der Waals surface area contributed by atoms with Crippen molar-refractivity contribution in [3.63, 3.8) is 0 Å². The van der Waals surface area contributed by atoms with Crippen molar-refractivity contribution in [2.45, 2.75) is 35.7 Å². The second-order valence-electron chi connectivity index (χ2n) is 4.91. The summed E-state index contributed by atoms with van der Waals surface area (Å²) >= 11 is 0. The van der Waals surface area contributed by atoms with E-state index in [0.29, 0.717) is 0 Å². The summed E-state index contributed by atoms with van der Waals surface area (Å²) in [7, 11) is 0. The van der Waals surface area contributed by atoms with Crippen molar-refractivity contribution in [2.24, 2.45) is 0 Å². The maximum atomic E-state index is 14.2. The van der Waals surface area contributed by atoms with E-state index in [2.05, 4.69) is 0 Å². The monoisotopic (exact) mass is 355 g/mol. The largest absolute Gasteiger partial charge is 0.383 e. The number of hydrogen-bond donors (Lipinski definition) is 1. The number of halogens is 10. The van der Waals surface area contributed by atoms with Gasteiger partial charge < -0.3 is 5.32 Å². The zero-order valence-corrected chi connectivity index (χ0v) is 10.7. The summed E-state index contributed by atoms with van der Waals surface area (Å²) in [5.41, 5.74) is -0.783. The van der Waals surface area contributed by atoms with E-state index in [1.807, 2.05) is 0 Å². The first kappa shape index (κ1) is 17.7. The summed E-state index contributed by atoms with van der Waals surface area (Å²) in [6.07, 6.45) is -4.94. The Bertz CT molecular complexity index is 587. The highest BCUT2D eigenvalue weighted by atomic mass is 19.4. The minimum Gasteiger partial charge on any atom is -0.346 e. The molecule has 2 unspecified atom stereocenters. The Hall–Kier alpha value is -1.68. The molecule has 0 spiro atoms. The molecule has 1 aromatic carbocycles. The van der Waals surface area contributed by atoms with Gasteiger partial charge in [0.2, 0.25) is 6.17 Å². The van der Waals surface area contributed by atoms with Crippen LogP contribution in [0.25, 0.3) is 0 Å². The molecule has 0 aromatic heterocycles. The quantitative estimate of drug-likeness (QED) is 0.601. The SMILES string of the molecule is FC1C(F)(F)C(F)(F)C(F)(F)C(F)(F)C1(F)Nc1ccccc1. The highest BCUT2D eigenvalue weighted by molar-refractivity contribution is 5.47. The third-order valence-electron chi connectivity index (χ3n) is 3.43. The molecule has 0 saturated heterocycles. The molecule has 1 N–H and O–H groups in total. The molecule has 0 radical (unpaired) electrons. The molecule has 1 nitrogen and oxygen atoms in total. The van der Waals surface area contributed by atoms with Crippen LogP contribution >= 0.6 is 0 Å². The molecule has 2 rings (SSSR count). The molecule has 1 aliphatic carbocycles. The molecule has 1 saturated carbocycles. The van der Waals surface area contributed by atoms with E-state index in [1.165, 1.54) is 6.07 Å². The predicted molar refractivity (Wildman–Crippen MR) is 58.6 cm³/mol. The Morgan fingerprint density at radius 2 is 1.17 bits per heavy atom. The zero-order chi connectivity index (χ0) is 17.9. The third-order valence-corrected chi connectivity index (χ3v) is 3.43. The predicted octanol–water partition coefficient (Wildman–Crippen LogP) is 4.66. The molecular weight excluding hydrogens is 348 g/mol. The Morgan fingerprint density at radius 3 is 1.65 bits per heavy atom. The molecule has 23 heavy (non-hydrogen) atoms. The van der Waals surface area contributed by atoms with E-state index in [4.69, 9.17) is 0 Å². The van der Waals surface area contributed by atoms with E-state index in [0.717, 1.165) is 29.6 Å². The average molecular weight is 355 g/mol. The van der Waals surface area contributed by atoms with Gasteiger partial charge in [-0.05, 0) is 12.1 Å². The highest BCUT2D eigenvalue weighted by Gasteiger charge is 2.95. The van der Waals surface area contributed by atoms with Crippen LogP contribution in [-0.4, -0.2) is 35.7 Å². The summed E-state index contributed by atoms with van der Waals surface area (Å²) in [6, 6.07) is 4.93. The summed E-state index contributed by atoms with van der Waals surface area (Å²) in [4.78, 5) is 0. The van der Waals surface area contributed by atoms with Crippen molar-refractivity contribution in [3.8, 4) is 0 Å². The number of rotatable bonds is 2. The fourth-order valence-corrected chi connectivity index (χ4v) is 2.08. The molecule has 1 fully saturated rings. The first-order chi connectivity index (χ1) is 10.2. The van der Waals surface area contributed by atoms with Crippen molar-refractivity contribution in [1.82, 2.24) is 0 Å². The Morgan fingerprint density at radius 1 is 0.696 bits per heavy atom. The molecule has 0 aliphatic heterocycles. The smallest absolute Gasteiger partial charge is 0.346 e. The highest BCUT2D eigenvalue weighted by Crippen LogP contribution is 2.64. The second-order valence-corrected chi connectivity index (χ2v) is 4.91. The van der Waals surface area contributed by atoms with E-state index in [9.17, 15) is 43.9 Å². The van der Waals surface area contributed by atoms with E-state index < -0.39 is 41.3 Å². The standard InChI is InChI=1S/C12H7F10N/c13-7-8(14,15)10(17,18)12(21,22)11(19,20)9(7,16)23-6-4-2-1-3-5-6/h1-5,7,23H. The van der Waals surface area contributed by atoms with Crippen molar-refractivity contribution >= 4 is 5.69 Å². The van der Waals surface area contributed by atoms with Gasteiger partial charge in [-0.1, -0.05) is 18.2 Å². The topological polar surface area (TPSA) is 12.0 Å². The number of nitrogens with one attached hydrogen (secondary N) is 1. The van der Waals surface area contributed by atoms with Crippen molar-refractivity contribution < 1.29 is 43.9 Å². The number of benzene rings is 1. The molecule has 130 valence electrons. The minimum atomic E-state index is -6.84. The van der Waals surface area contributed by atoms with Crippen molar-refractivity contribution in [2.75, 3.05) is 5.32 Å². The van der Waals surface area contributed by atoms with Crippen LogP contribution in [0.15, 0.2) is 30.3 Å². The number of anilines is 1. The van der Waals surface area contributed by atoms with E-state index in [-0.39, 0.29) is 0 Å². The van der Waals surface area contributed by atoms with Crippen molar-refractivity contribution in [1.29, 1.82) is 0 Å². The number of para-hydroxylation sites is 1. The zero-order valence-electron chi connectivity index (χ0n) is 10.7. The van der Waals surface area contributed by atoms with Crippen molar-refractivity contribution in [3.05, 3.63) is 30.3 Å². The lowest BCUT2D eigenvalue weighted by Gasteiger charge is -2.50. The van der Waals surface area contributed by atoms with Gasteiger partial charge in [0, 0.05) is 5.69 Å². The van der Waals surface area contributed by atoms with Crippen LogP contribution in [0.5, 0.6) is 0 Å².